The summed E-state index contributed by atoms with van der Waals surface area (Å²) in [4.78, 5) is 31.5. The van der Waals surface area contributed by atoms with Crippen molar-refractivity contribution in [3.05, 3.63) is 76.6 Å². The van der Waals surface area contributed by atoms with E-state index in [1.807, 2.05) is 60.7 Å². The zero-order valence-corrected chi connectivity index (χ0v) is 20.0. The summed E-state index contributed by atoms with van der Waals surface area (Å²) in [5.74, 6) is 0.0148. The van der Waals surface area contributed by atoms with Crippen LogP contribution in [0.15, 0.2) is 60.6 Å². The Morgan fingerprint density at radius 1 is 1.21 bits per heavy atom. The van der Waals surface area contributed by atoms with Gasteiger partial charge in [0, 0.05) is 43.8 Å². The van der Waals surface area contributed by atoms with Crippen LogP contribution in [0.25, 0.3) is 16.5 Å². The second kappa shape index (κ2) is 8.76. The maximum atomic E-state index is 13.3. The van der Waals surface area contributed by atoms with Crippen molar-refractivity contribution < 1.29 is 9.59 Å². The van der Waals surface area contributed by atoms with Crippen molar-refractivity contribution in [1.82, 2.24) is 14.4 Å². The third-order valence-corrected chi connectivity index (χ3v) is 7.81. The zero-order valence-electron chi connectivity index (χ0n) is 19.2. The topological polar surface area (TPSA) is 45.6 Å². The molecule has 0 saturated carbocycles. The van der Waals surface area contributed by atoms with E-state index in [1.165, 1.54) is 22.5 Å². The summed E-state index contributed by atoms with van der Waals surface area (Å²) in [6.45, 7) is 10.9. The van der Waals surface area contributed by atoms with Crippen molar-refractivity contribution in [2.24, 2.45) is 5.92 Å². The number of rotatable bonds is 6. The van der Waals surface area contributed by atoms with Crippen LogP contribution in [0.2, 0.25) is 0 Å². The molecule has 2 aromatic heterocycles. The van der Waals surface area contributed by atoms with Crippen LogP contribution in [0.4, 0.5) is 0 Å². The molecule has 2 atom stereocenters. The predicted molar refractivity (Wildman–Crippen MR) is 135 cm³/mol. The quantitative estimate of drug-likeness (QED) is 0.503. The highest BCUT2D eigenvalue weighted by atomic mass is 32.1. The Bertz CT molecular complexity index is 1250. The lowest BCUT2D eigenvalue weighted by Gasteiger charge is -2.42. The molecule has 5 rings (SSSR count). The molecule has 0 spiro atoms. The fourth-order valence-corrected chi connectivity index (χ4v) is 6.07. The summed E-state index contributed by atoms with van der Waals surface area (Å²) in [5, 5.41) is 3.07. The van der Waals surface area contributed by atoms with Crippen molar-refractivity contribution >= 4 is 39.6 Å². The Kier molecular flexibility index (Phi) is 5.81. The van der Waals surface area contributed by atoms with Gasteiger partial charge in [-0.2, -0.15) is 0 Å². The van der Waals surface area contributed by atoms with E-state index in [0.717, 1.165) is 34.3 Å². The molecule has 1 amide bonds. The molecule has 33 heavy (non-hydrogen) atoms. The number of aromatic nitrogens is 1. The first-order valence-corrected chi connectivity index (χ1v) is 12.5. The van der Waals surface area contributed by atoms with Crippen LogP contribution in [-0.4, -0.2) is 58.4 Å². The molecule has 0 bridgehead atoms. The van der Waals surface area contributed by atoms with Gasteiger partial charge in [0.15, 0.2) is 0 Å². The van der Waals surface area contributed by atoms with Crippen molar-refractivity contribution in [3.63, 3.8) is 0 Å². The Balaban J connectivity index is 1.63. The van der Waals surface area contributed by atoms with Gasteiger partial charge in [-0.3, -0.25) is 19.1 Å². The molecule has 3 heterocycles. The Hall–Kier alpha value is -2.96. The van der Waals surface area contributed by atoms with E-state index < -0.39 is 0 Å². The summed E-state index contributed by atoms with van der Waals surface area (Å²) in [5.41, 5.74) is 4.47. The Morgan fingerprint density at radius 3 is 2.73 bits per heavy atom. The standard InChI is InChI=1S/C27H29N3O2S/c1-4-12-29-16-19(26(31)28(5-2)6-3)14-21-20-9-7-10-22-25(20)18(15-23(21)29)17-30(22)27(32)24-11-8-13-33-24/h4,7-11,13-14,17,19,23H,1,5-6,12,15-16H2,2-3H3. The molecule has 0 N–H and O–H groups in total. The van der Waals surface area contributed by atoms with E-state index in [-0.39, 0.29) is 23.8 Å². The molecule has 2 aliphatic rings. The van der Waals surface area contributed by atoms with E-state index in [0.29, 0.717) is 19.6 Å². The number of hydrogen-bond acceptors (Lipinski definition) is 4. The van der Waals surface area contributed by atoms with E-state index >= 15 is 0 Å². The average molecular weight is 460 g/mol. The predicted octanol–water partition coefficient (Wildman–Crippen LogP) is 4.69. The minimum Gasteiger partial charge on any atom is -0.343 e. The molecule has 1 aliphatic heterocycles. The van der Waals surface area contributed by atoms with Gasteiger partial charge in [0.2, 0.25) is 5.91 Å². The van der Waals surface area contributed by atoms with E-state index in [4.69, 9.17) is 0 Å². The first-order chi connectivity index (χ1) is 16.1. The van der Waals surface area contributed by atoms with Crippen LogP contribution in [0.1, 0.15) is 34.6 Å². The molecule has 0 fully saturated rings. The Morgan fingerprint density at radius 2 is 2.03 bits per heavy atom. The zero-order chi connectivity index (χ0) is 23.1. The van der Waals surface area contributed by atoms with Crippen LogP contribution < -0.4 is 0 Å². The van der Waals surface area contributed by atoms with Gasteiger partial charge in [-0.15, -0.1) is 17.9 Å². The SMILES string of the molecule is C=CCN1CC(C(=O)N(CC)CC)C=C2c3cccc4c3c(cn4C(=O)c3cccs3)CC21. The lowest BCUT2D eigenvalue weighted by molar-refractivity contribution is -0.134. The van der Waals surface area contributed by atoms with Crippen LogP contribution in [0, 0.1) is 5.92 Å². The number of benzene rings is 1. The number of hydrogen-bond donors (Lipinski definition) is 0. The van der Waals surface area contributed by atoms with Gasteiger partial charge in [-0.05, 0) is 54.5 Å². The summed E-state index contributed by atoms with van der Waals surface area (Å²) in [7, 11) is 0. The molecule has 2 unspecified atom stereocenters. The first-order valence-electron chi connectivity index (χ1n) is 11.6. The minimum absolute atomic E-state index is 0.00906. The van der Waals surface area contributed by atoms with Gasteiger partial charge < -0.3 is 4.90 Å². The molecule has 0 radical (unpaired) electrons. The molecule has 3 aromatic rings. The van der Waals surface area contributed by atoms with Crippen molar-refractivity contribution in [3.8, 4) is 0 Å². The maximum Gasteiger partial charge on any atom is 0.272 e. The average Bonchev–Trinajstić information content (AvgIpc) is 3.49. The molecule has 1 aromatic carbocycles. The minimum atomic E-state index is -0.178. The summed E-state index contributed by atoms with van der Waals surface area (Å²) >= 11 is 1.47. The van der Waals surface area contributed by atoms with Crippen LogP contribution in [-0.2, 0) is 11.2 Å². The van der Waals surface area contributed by atoms with Crippen LogP contribution >= 0.6 is 11.3 Å². The second-order valence-electron chi connectivity index (χ2n) is 8.71. The fourth-order valence-electron chi connectivity index (χ4n) is 5.41. The Labute approximate surface area is 198 Å². The van der Waals surface area contributed by atoms with Crippen LogP contribution in [0.3, 0.4) is 0 Å². The third-order valence-electron chi connectivity index (χ3n) is 6.95. The molecular formula is C27H29N3O2S. The number of carbonyl (C=O) groups excluding carboxylic acids is 2. The van der Waals surface area contributed by atoms with Gasteiger partial charge in [-0.25, -0.2) is 0 Å². The van der Waals surface area contributed by atoms with E-state index in [2.05, 4.69) is 23.6 Å². The molecule has 6 heteroatoms. The monoisotopic (exact) mass is 459 g/mol. The first kappa shape index (κ1) is 21.9. The molecule has 0 saturated heterocycles. The third kappa shape index (κ3) is 3.58. The van der Waals surface area contributed by atoms with Crippen LogP contribution in [0.5, 0.6) is 0 Å². The number of nitrogens with zero attached hydrogens (tertiary/aromatic N) is 3. The number of fused-ring (bicyclic) bond motifs is 2. The van der Waals surface area contributed by atoms with Gasteiger partial charge in [0.1, 0.15) is 0 Å². The van der Waals surface area contributed by atoms with Gasteiger partial charge in [-0.1, -0.05) is 30.4 Å². The van der Waals surface area contributed by atoms with Gasteiger partial charge in [0.25, 0.3) is 5.91 Å². The maximum absolute atomic E-state index is 13.3. The summed E-state index contributed by atoms with van der Waals surface area (Å²) < 4.78 is 1.80. The highest BCUT2D eigenvalue weighted by Crippen LogP contribution is 2.42. The normalized spacial score (nSPS) is 19.8. The van der Waals surface area contributed by atoms with Gasteiger partial charge >= 0.3 is 0 Å². The second-order valence-corrected chi connectivity index (χ2v) is 9.66. The number of carbonyl (C=O) groups is 2. The molecule has 5 nitrogen and oxygen atoms in total. The van der Waals surface area contributed by atoms with E-state index in [1.54, 1.807) is 4.57 Å². The van der Waals surface area contributed by atoms with Crippen molar-refractivity contribution in [2.45, 2.75) is 26.3 Å². The lowest BCUT2D eigenvalue weighted by Crippen LogP contribution is -2.49. The number of thiophene rings is 1. The summed E-state index contributed by atoms with van der Waals surface area (Å²) in [6.07, 6.45) is 6.96. The molecule has 170 valence electrons. The smallest absolute Gasteiger partial charge is 0.272 e. The van der Waals surface area contributed by atoms with Crippen molar-refractivity contribution in [1.29, 1.82) is 0 Å². The highest BCUT2D eigenvalue weighted by molar-refractivity contribution is 7.12. The number of amides is 1. The van der Waals surface area contributed by atoms with Crippen molar-refractivity contribution in [2.75, 3.05) is 26.2 Å². The molecular weight excluding hydrogens is 430 g/mol. The summed E-state index contributed by atoms with van der Waals surface area (Å²) in [6, 6.07) is 10.1. The highest BCUT2D eigenvalue weighted by Gasteiger charge is 2.38. The largest absolute Gasteiger partial charge is 0.343 e. The van der Waals surface area contributed by atoms with Gasteiger partial charge in [0.05, 0.1) is 16.3 Å². The lowest BCUT2D eigenvalue weighted by atomic mass is 9.79. The molecule has 1 aliphatic carbocycles. The fraction of sp³-hybridized carbons (Fsp3) is 0.333. The van der Waals surface area contributed by atoms with E-state index in [9.17, 15) is 9.59 Å².